The summed E-state index contributed by atoms with van der Waals surface area (Å²) in [6, 6.07) is 4.11. The van der Waals surface area contributed by atoms with E-state index in [0.29, 0.717) is 5.41 Å². The molecular formula is C16H27NO2S. The highest BCUT2D eigenvalue weighted by atomic mass is 32.2. The molecule has 0 radical (unpaired) electrons. The van der Waals surface area contributed by atoms with Crippen LogP contribution >= 0.6 is 11.8 Å². The molecule has 114 valence electrons. The summed E-state index contributed by atoms with van der Waals surface area (Å²) < 4.78 is 10.7. The van der Waals surface area contributed by atoms with E-state index in [1.165, 1.54) is 16.9 Å². The van der Waals surface area contributed by atoms with Crippen LogP contribution in [0.2, 0.25) is 0 Å². The number of hydrogen-bond donors (Lipinski definition) is 1. The summed E-state index contributed by atoms with van der Waals surface area (Å²) in [4.78, 5) is 1.23. The third-order valence-corrected chi connectivity index (χ3v) is 4.48. The number of thioether (sulfide) groups is 1. The first-order chi connectivity index (χ1) is 9.47. The van der Waals surface area contributed by atoms with Gasteiger partial charge in [-0.25, -0.2) is 0 Å². The Bertz CT molecular complexity index is 433. The van der Waals surface area contributed by atoms with E-state index in [2.05, 4.69) is 38.4 Å². The normalized spacial score (nSPS) is 11.5. The molecule has 4 heteroatoms. The van der Waals surface area contributed by atoms with Crippen molar-refractivity contribution in [1.82, 2.24) is 5.32 Å². The number of ether oxygens (including phenoxy) is 2. The van der Waals surface area contributed by atoms with E-state index in [9.17, 15) is 0 Å². The smallest absolute Gasteiger partial charge is 0.161 e. The molecule has 0 unspecified atom stereocenters. The fourth-order valence-electron chi connectivity index (χ4n) is 1.89. The van der Waals surface area contributed by atoms with Crippen LogP contribution in [0.1, 0.15) is 32.8 Å². The van der Waals surface area contributed by atoms with Gasteiger partial charge in [-0.05, 0) is 35.8 Å². The monoisotopic (exact) mass is 297 g/mol. The van der Waals surface area contributed by atoms with Gasteiger partial charge in [-0.3, -0.25) is 0 Å². The van der Waals surface area contributed by atoms with E-state index < -0.39 is 0 Å². The molecule has 3 nitrogen and oxygen atoms in total. The second-order valence-electron chi connectivity index (χ2n) is 5.64. The van der Waals surface area contributed by atoms with Gasteiger partial charge in [0.25, 0.3) is 0 Å². The molecule has 0 aliphatic heterocycles. The van der Waals surface area contributed by atoms with Crippen molar-refractivity contribution in [2.45, 2.75) is 38.6 Å². The Kier molecular flexibility index (Phi) is 6.69. The molecule has 0 fully saturated rings. The molecular weight excluding hydrogens is 270 g/mol. The van der Waals surface area contributed by atoms with Crippen LogP contribution in [0, 0.1) is 5.41 Å². The SMILES string of the molecule is CCC(C)(C)CNCc1cc(OC)c(OC)cc1SC. The van der Waals surface area contributed by atoms with Crippen LogP contribution in [-0.2, 0) is 6.54 Å². The maximum Gasteiger partial charge on any atom is 0.161 e. The second-order valence-corrected chi connectivity index (χ2v) is 6.49. The predicted molar refractivity (Wildman–Crippen MR) is 87.1 cm³/mol. The van der Waals surface area contributed by atoms with Crippen molar-refractivity contribution in [3.05, 3.63) is 17.7 Å². The Balaban J connectivity index is 2.83. The Morgan fingerprint density at radius 3 is 2.25 bits per heavy atom. The maximum atomic E-state index is 5.38. The zero-order valence-electron chi connectivity index (χ0n) is 13.5. The molecule has 1 aromatic carbocycles. The van der Waals surface area contributed by atoms with Gasteiger partial charge in [0.15, 0.2) is 11.5 Å². The van der Waals surface area contributed by atoms with Gasteiger partial charge in [0.2, 0.25) is 0 Å². The molecule has 0 aliphatic carbocycles. The third kappa shape index (κ3) is 4.60. The number of hydrogen-bond acceptors (Lipinski definition) is 4. The topological polar surface area (TPSA) is 30.5 Å². The molecule has 20 heavy (non-hydrogen) atoms. The van der Waals surface area contributed by atoms with E-state index in [-0.39, 0.29) is 0 Å². The lowest BCUT2D eigenvalue weighted by atomic mass is 9.90. The molecule has 0 bridgehead atoms. The van der Waals surface area contributed by atoms with E-state index in [4.69, 9.17) is 9.47 Å². The van der Waals surface area contributed by atoms with Gasteiger partial charge in [-0.1, -0.05) is 20.8 Å². The van der Waals surface area contributed by atoms with E-state index >= 15 is 0 Å². The predicted octanol–water partition coefficient (Wildman–Crippen LogP) is 3.95. The van der Waals surface area contributed by atoms with Crippen LogP contribution in [0.3, 0.4) is 0 Å². The molecule has 0 amide bonds. The molecule has 1 rings (SSSR count). The first-order valence-electron chi connectivity index (χ1n) is 6.97. The van der Waals surface area contributed by atoms with E-state index in [0.717, 1.165) is 24.6 Å². The van der Waals surface area contributed by atoms with Crippen molar-refractivity contribution in [2.75, 3.05) is 27.0 Å². The van der Waals surface area contributed by atoms with Crippen LogP contribution in [0.4, 0.5) is 0 Å². The minimum atomic E-state index is 0.329. The van der Waals surface area contributed by atoms with Gasteiger partial charge in [-0.15, -0.1) is 11.8 Å². The average Bonchev–Trinajstić information content (AvgIpc) is 2.46. The van der Waals surface area contributed by atoms with Gasteiger partial charge >= 0.3 is 0 Å². The highest BCUT2D eigenvalue weighted by Gasteiger charge is 2.15. The summed E-state index contributed by atoms with van der Waals surface area (Å²) in [5.41, 5.74) is 1.58. The molecule has 1 N–H and O–H groups in total. The Labute approximate surface area is 127 Å². The van der Waals surface area contributed by atoms with Crippen LogP contribution < -0.4 is 14.8 Å². The Hall–Kier alpha value is -0.870. The molecule has 0 spiro atoms. The van der Waals surface area contributed by atoms with E-state index in [1.54, 1.807) is 26.0 Å². The summed E-state index contributed by atoms with van der Waals surface area (Å²) >= 11 is 1.73. The highest BCUT2D eigenvalue weighted by molar-refractivity contribution is 7.98. The lowest BCUT2D eigenvalue weighted by Crippen LogP contribution is -2.28. The Morgan fingerprint density at radius 2 is 1.75 bits per heavy atom. The van der Waals surface area contributed by atoms with Gasteiger partial charge in [0.05, 0.1) is 14.2 Å². The standard InChI is InChI=1S/C16H27NO2S/c1-7-16(2,3)11-17-10-12-8-13(18-4)14(19-5)9-15(12)20-6/h8-9,17H,7,10-11H2,1-6H3. The van der Waals surface area contributed by atoms with Crippen molar-refractivity contribution in [2.24, 2.45) is 5.41 Å². The number of benzene rings is 1. The van der Waals surface area contributed by atoms with Crippen LogP contribution in [0.15, 0.2) is 17.0 Å². The quantitative estimate of drug-likeness (QED) is 0.736. The van der Waals surface area contributed by atoms with Crippen molar-refractivity contribution >= 4 is 11.8 Å². The maximum absolute atomic E-state index is 5.38. The second kappa shape index (κ2) is 7.79. The first-order valence-corrected chi connectivity index (χ1v) is 8.19. The highest BCUT2D eigenvalue weighted by Crippen LogP contribution is 2.34. The van der Waals surface area contributed by atoms with Gasteiger partial charge in [-0.2, -0.15) is 0 Å². The fourth-order valence-corrected chi connectivity index (χ4v) is 2.51. The molecule has 0 aromatic heterocycles. The Morgan fingerprint density at radius 1 is 1.15 bits per heavy atom. The van der Waals surface area contributed by atoms with Crippen LogP contribution in [0.5, 0.6) is 11.5 Å². The first kappa shape index (κ1) is 17.2. The van der Waals surface area contributed by atoms with Gasteiger partial charge in [0, 0.05) is 18.0 Å². The number of rotatable bonds is 8. The van der Waals surface area contributed by atoms with Crippen molar-refractivity contribution in [3.8, 4) is 11.5 Å². The summed E-state index contributed by atoms with van der Waals surface area (Å²) in [5, 5.41) is 3.55. The molecule has 0 heterocycles. The molecule has 0 saturated carbocycles. The number of methoxy groups -OCH3 is 2. The summed E-state index contributed by atoms with van der Waals surface area (Å²) in [6.45, 7) is 8.64. The van der Waals surface area contributed by atoms with Crippen molar-refractivity contribution in [3.63, 3.8) is 0 Å². The van der Waals surface area contributed by atoms with Crippen LogP contribution in [0.25, 0.3) is 0 Å². The lowest BCUT2D eigenvalue weighted by Gasteiger charge is -2.23. The average molecular weight is 297 g/mol. The summed E-state index contributed by atoms with van der Waals surface area (Å²) in [7, 11) is 3.34. The van der Waals surface area contributed by atoms with Crippen LogP contribution in [-0.4, -0.2) is 27.0 Å². The molecule has 1 aromatic rings. The summed E-state index contributed by atoms with van der Waals surface area (Å²) in [6.07, 6.45) is 3.25. The third-order valence-electron chi connectivity index (χ3n) is 3.66. The zero-order chi connectivity index (χ0) is 15.2. The largest absolute Gasteiger partial charge is 0.493 e. The zero-order valence-corrected chi connectivity index (χ0v) is 14.3. The van der Waals surface area contributed by atoms with Crippen molar-refractivity contribution < 1.29 is 9.47 Å². The fraction of sp³-hybridized carbons (Fsp3) is 0.625. The number of nitrogens with one attached hydrogen (secondary N) is 1. The molecule has 0 atom stereocenters. The lowest BCUT2D eigenvalue weighted by molar-refractivity contribution is 0.326. The van der Waals surface area contributed by atoms with E-state index in [1.807, 2.05) is 6.07 Å². The van der Waals surface area contributed by atoms with Gasteiger partial charge in [0.1, 0.15) is 0 Å². The van der Waals surface area contributed by atoms with Crippen molar-refractivity contribution in [1.29, 1.82) is 0 Å². The molecule has 0 aliphatic rings. The van der Waals surface area contributed by atoms with Gasteiger partial charge < -0.3 is 14.8 Å². The minimum Gasteiger partial charge on any atom is -0.493 e. The molecule has 0 saturated heterocycles. The summed E-state index contributed by atoms with van der Waals surface area (Å²) in [5.74, 6) is 1.58. The minimum absolute atomic E-state index is 0.329.